The number of amides is 1. The first kappa shape index (κ1) is 17.9. The lowest BCUT2D eigenvalue weighted by Crippen LogP contribution is -2.27. The minimum atomic E-state index is -0.952. The third-order valence-corrected chi connectivity index (χ3v) is 5.07. The van der Waals surface area contributed by atoms with Crippen LogP contribution in [0.2, 0.25) is 0 Å². The van der Waals surface area contributed by atoms with Crippen molar-refractivity contribution in [1.29, 1.82) is 0 Å². The second-order valence-electron chi connectivity index (χ2n) is 5.63. The molecule has 1 amide bonds. The summed E-state index contributed by atoms with van der Waals surface area (Å²) in [6, 6.07) is 13.4. The molecule has 0 spiro atoms. The molecule has 0 saturated carbocycles. The van der Waals surface area contributed by atoms with Crippen LogP contribution < -0.4 is 9.54 Å². The average molecular weight is 370 g/mol. The van der Waals surface area contributed by atoms with Gasteiger partial charge in [-0.05, 0) is 36.8 Å². The number of carbonyl (C=O) groups excluding carboxylic acids is 1. The Labute approximate surface area is 154 Å². The largest absolute Gasteiger partial charge is 0.497 e. The molecule has 0 bridgehead atoms. The van der Waals surface area contributed by atoms with E-state index in [0.717, 1.165) is 10.2 Å². The van der Waals surface area contributed by atoms with Gasteiger partial charge >= 0.3 is 5.97 Å². The van der Waals surface area contributed by atoms with Crippen molar-refractivity contribution >= 4 is 33.4 Å². The molecular weight excluding hydrogens is 352 g/mol. The number of carbonyl (C=O) groups is 2. The van der Waals surface area contributed by atoms with Crippen LogP contribution in [0, 0.1) is 0 Å². The lowest BCUT2D eigenvalue weighted by atomic mass is 10.2. The zero-order chi connectivity index (χ0) is 18.7. The second kappa shape index (κ2) is 7.53. The lowest BCUT2D eigenvalue weighted by Gasteiger charge is -2.13. The van der Waals surface area contributed by atoms with E-state index in [1.54, 1.807) is 35.8 Å². The summed E-state index contributed by atoms with van der Waals surface area (Å²) in [6.07, 6.45) is 0.386. The number of aliphatic carboxylic acids is 1. The van der Waals surface area contributed by atoms with Gasteiger partial charge in [-0.1, -0.05) is 36.5 Å². The van der Waals surface area contributed by atoms with E-state index in [9.17, 15) is 14.7 Å². The highest BCUT2D eigenvalue weighted by molar-refractivity contribution is 7.16. The third-order valence-electron chi connectivity index (χ3n) is 4.03. The molecule has 1 N–H and O–H groups in total. The summed E-state index contributed by atoms with van der Waals surface area (Å²) < 4.78 is 7.64. The SMILES string of the molecule is CCC(C(=O)O)n1c(=NC(=O)c2cccc(OC)c2)sc2ccccc21. The molecule has 7 heteroatoms. The molecule has 3 rings (SSSR count). The first-order valence-electron chi connectivity index (χ1n) is 8.11. The van der Waals surface area contributed by atoms with E-state index < -0.39 is 17.9 Å². The number of para-hydroxylation sites is 1. The minimum absolute atomic E-state index is 0.369. The summed E-state index contributed by atoms with van der Waals surface area (Å²) in [5.74, 6) is -0.831. The van der Waals surface area contributed by atoms with E-state index in [-0.39, 0.29) is 0 Å². The molecule has 1 heterocycles. The molecule has 2 aromatic carbocycles. The highest BCUT2D eigenvalue weighted by Gasteiger charge is 2.22. The monoisotopic (exact) mass is 370 g/mol. The van der Waals surface area contributed by atoms with Crippen LogP contribution in [-0.4, -0.2) is 28.7 Å². The highest BCUT2D eigenvalue weighted by atomic mass is 32.1. The van der Waals surface area contributed by atoms with Crippen molar-refractivity contribution in [2.45, 2.75) is 19.4 Å². The van der Waals surface area contributed by atoms with Gasteiger partial charge in [0.25, 0.3) is 5.91 Å². The summed E-state index contributed by atoms with van der Waals surface area (Å²) >= 11 is 1.30. The Balaban J connectivity index is 2.18. The van der Waals surface area contributed by atoms with E-state index >= 15 is 0 Å². The van der Waals surface area contributed by atoms with Gasteiger partial charge in [0.2, 0.25) is 0 Å². The average Bonchev–Trinajstić information content (AvgIpc) is 3.00. The number of benzene rings is 2. The van der Waals surface area contributed by atoms with Crippen LogP contribution in [0.1, 0.15) is 29.7 Å². The number of carboxylic acids is 1. The van der Waals surface area contributed by atoms with E-state index in [2.05, 4.69) is 4.99 Å². The topological polar surface area (TPSA) is 80.9 Å². The molecule has 6 nitrogen and oxygen atoms in total. The molecule has 0 radical (unpaired) electrons. The van der Waals surface area contributed by atoms with E-state index in [4.69, 9.17) is 4.74 Å². The fraction of sp³-hybridized carbons (Fsp3) is 0.211. The second-order valence-corrected chi connectivity index (χ2v) is 6.64. The third kappa shape index (κ3) is 3.39. The van der Waals surface area contributed by atoms with E-state index in [0.29, 0.717) is 22.5 Å². The smallest absolute Gasteiger partial charge is 0.326 e. The summed E-state index contributed by atoms with van der Waals surface area (Å²) in [5, 5.41) is 9.59. The summed E-state index contributed by atoms with van der Waals surface area (Å²) in [7, 11) is 1.53. The molecule has 3 aromatic rings. The number of hydrogen-bond acceptors (Lipinski definition) is 4. The highest BCUT2D eigenvalue weighted by Crippen LogP contribution is 2.22. The zero-order valence-corrected chi connectivity index (χ0v) is 15.2. The fourth-order valence-corrected chi connectivity index (χ4v) is 3.81. The number of ether oxygens (including phenoxy) is 1. The van der Waals surface area contributed by atoms with Crippen LogP contribution in [0.15, 0.2) is 53.5 Å². The Morgan fingerprint density at radius 3 is 2.69 bits per heavy atom. The number of methoxy groups -OCH3 is 1. The van der Waals surface area contributed by atoms with Crippen molar-refractivity contribution in [3.05, 3.63) is 58.9 Å². The molecule has 0 aliphatic heterocycles. The van der Waals surface area contributed by atoms with Crippen LogP contribution in [-0.2, 0) is 4.79 Å². The van der Waals surface area contributed by atoms with Crippen molar-refractivity contribution in [2.24, 2.45) is 4.99 Å². The maximum atomic E-state index is 12.6. The first-order chi connectivity index (χ1) is 12.5. The molecule has 0 fully saturated rings. The van der Waals surface area contributed by atoms with Gasteiger partial charge < -0.3 is 14.4 Å². The molecular formula is C19H18N2O4S. The number of carboxylic acid groups (broad SMARTS) is 1. The van der Waals surface area contributed by atoms with Crippen molar-refractivity contribution in [2.75, 3.05) is 7.11 Å². The Morgan fingerprint density at radius 1 is 1.23 bits per heavy atom. The van der Waals surface area contributed by atoms with Crippen molar-refractivity contribution in [3.63, 3.8) is 0 Å². The molecule has 1 atom stereocenters. The van der Waals surface area contributed by atoms with E-state index in [1.165, 1.54) is 18.4 Å². The Morgan fingerprint density at radius 2 is 2.00 bits per heavy atom. The summed E-state index contributed by atoms with van der Waals surface area (Å²) in [5.41, 5.74) is 1.14. The molecule has 26 heavy (non-hydrogen) atoms. The fourth-order valence-electron chi connectivity index (χ4n) is 2.75. The van der Waals surface area contributed by atoms with Gasteiger partial charge in [-0.25, -0.2) is 4.79 Å². The predicted octanol–water partition coefficient (Wildman–Crippen LogP) is 3.49. The minimum Gasteiger partial charge on any atom is -0.497 e. The van der Waals surface area contributed by atoms with Crippen LogP contribution in [0.5, 0.6) is 5.75 Å². The van der Waals surface area contributed by atoms with Crippen molar-refractivity contribution < 1.29 is 19.4 Å². The van der Waals surface area contributed by atoms with Gasteiger partial charge in [0, 0.05) is 5.56 Å². The van der Waals surface area contributed by atoms with Crippen LogP contribution in [0.25, 0.3) is 10.2 Å². The predicted molar refractivity (Wildman–Crippen MR) is 99.7 cm³/mol. The number of rotatable bonds is 5. The Bertz CT molecular complexity index is 1040. The van der Waals surface area contributed by atoms with Gasteiger partial charge in [-0.3, -0.25) is 4.79 Å². The van der Waals surface area contributed by atoms with Crippen molar-refractivity contribution in [1.82, 2.24) is 4.57 Å². The molecule has 0 aliphatic rings. The summed E-state index contributed by atoms with van der Waals surface area (Å²) in [6.45, 7) is 1.80. The van der Waals surface area contributed by atoms with Gasteiger partial charge in [-0.15, -0.1) is 0 Å². The number of nitrogens with zero attached hydrogens (tertiary/aromatic N) is 2. The summed E-state index contributed by atoms with van der Waals surface area (Å²) in [4.78, 5) is 28.9. The quantitative estimate of drug-likeness (QED) is 0.745. The number of fused-ring (bicyclic) bond motifs is 1. The zero-order valence-electron chi connectivity index (χ0n) is 14.4. The van der Waals surface area contributed by atoms with Crippen molar-refractivity contribution in [3.8, 4) is 5.75 Å². The van der Waals surface area contributed by atoms with E-state index in [1.807, 2.05) is 24.3 Å². The molecule has 1 unspecified atom stereocenters. The maximum Gasteiger partial charge on any atom is 0.326 e. The molecule has 0 saturated heterocycles. The maximum absolute atomic E-state index is 12.6. The van der Waals surface area contributed by atoms with Gasteiger partial charge in [0.15, 0.2) is 4.80 Å². The number of hydrogen-bond donors (Lipinski definition) is 1. The van der Waals surface area contributed by atoms with Crippen LogP contribution in [0.4, 0.5) is 0 Å². The van der Waals surface area contributed by atoms with Crippen LogP contribution in [0.3, 0.4) is 0 Å². The Hall–Kier alpha value is -2.93. The molecule has 1 aromatic heterocycles. The van der Waals surface area contributed by atoms with Gasteiger partial charge in [0.05, 0.1) is 17.3 Å². The van der Waals surface area contributed by atoms with Gasteiger partial charge in [-0.2, -0.15) is 4.99 Å². The molecule has 0 aliphatic carbocycles. The number of aromatic nitrogens is 1. The molecule has 134 valence electrons. The first-order valence-corrected chi connectivity index (χ1v) is 8.92. The lowest BCUT2D eigenvalue weighted by molar-refractivity contribution is -0.140. The normalized spacial score (nSPS) is 12.9. The standard InChI is InChI=1S/C19H18N2O4S/c1-3-14(18(23)24)21-15-9-4-5-10-16(15)26-19(21)20-17(22)12-7-6-8-13(11-12)25-2/h4-11,14H,3H2,1-2H3,(H,23,24). The number of thiazole rings is 1. The Kier molecular flexibility index (Phi) is 5.18. The van der Waals surface area contributed by atoms with Crippen LogP contribution >= 0.6 is 11.3 Å². The van der Waals surface area contributed by atoms with Gasteiger partial charge in [0.1, 0.15) is 11.8 Å².